The predicted molar refractivity (Wildman–Crippen MR) is 88.8 cm³/mol. The minimum absolute atomic E-state index is 0.0476. The first kappa shape index (κ1) is 16.7. The normalized spacial score (nSPS) is 16.8. The van der Waals surface area contributed by atoms with E-state index in [2.05, 4.69) is 4.98 Å². The molecule has 8 heteroatoms. The Balaban J connectivity index is 2.13. The third kappa shape index (κ3) is 3.07. The van der Waals surface area contributed by atoms with Crippen LogP contribution in [-0.4, -0.2) is 41.9 Å². The number of nitrogens with one attached hydrogen (secondary N) is 1. The zero-order valence-corrected chi connectivity index (χ0v) is 13.8. The van der Waals surface area contributed by atoms with Gasteiger partial charge in [-0.3, -0.25) is 4.79 Å². The minimum atomic E-state index is -3.68. The van der Waals surface area contributed by atoms with E-state index in [0.717, 1.165) is 31.7 Å². The van der Waals surface area contributed by atoms with Gasteiger partial charge in [-0.05, 0) is 31.0 Å². The Labute approximate surface area is 139 Å². The molecule has 0 radical (unpaired) electrons. The summed E-state index contributed by atoms with van der Waals surface area (Å²) in [7, 11) is -3.68. The van der Waals surface area contributed by atoms with Crippen molar-refractivity contribution < 1.29 is 18.3 Å². The highest BCUT2D eigenvalue weighted by atomic mass is 32.2. The van der Waals surface area contributed by atoms with E-state index in [1.807, 2.05) is 0 Å². The fourth-order valence-electron chi connectivity index (χ4n) is 3.00. The summed E-state index contributed by atoms with van der Waals surface area (Å²) < 4.78 is 27.1. The van der Waals surface area contributed by atoms with E-state index in [-0.39, 0.29) is 15.8 Å². The van der Waals surface area contributed by atoms with Crippen molar-refractivity contribution in [3.05, 3.63) is 40.2 Å². The SMILES string of the molecule is O=C(O)c1cc(=O)[nH]c2ccc(S(=O)(=O)N3CCCCCC3)cc12. The maximum absolute atomic E-state index is 12.8. The first-order valence-electron chi connectivity index (χ1n) is 7.80. The van der Waals surface area contributed by atoms with Crippen molar-refractivity contribution in [3.63, 3.8) is 0 Å². The molecule has 1 aromatic heterocycles. The molecule has 1 fully saturated rings. The molecule has 0 bridgehead atoms. The van der Waals surface area contributed by atoms with Crippen molar-refractivity contribution >= 4 is 26.9 Å². The molecule has 1 aliphatic rings. The second-order valence-electron chi connectivity index (χ2n) is 5.88. The maximum Gasteiger partial charge on any atom is 0.336 e. The Morgan fingerprint density at radius 3 is 2.38 bits per heavy atom. The number of benzene rings is 1. The fourth-order valence-corrected chi connectivity index (χ4v) is 4.55. The number of H-pyrrole nitrogens is 1. The molecule has 0 amide bonds. The van der Waals surface area contributed by atoms with Crippen LogP contribution in [0.15, 0.2) is 34.0 Å². The molecule has 2 aromatic rings. The monoisotopic (exact) mass is 350 g/mol. The summed E-state index contributed by atoms with van der Waals surface area (Å²) in [6.07, 6.45) is 3.66. The van der Waals surface area contributed by atoms with Gasteiger partial charge in [0.15, 0.2) is 0 Å². The van der Waals surface area contributed by atoms with Gasteiger partial charge in [-0.15, -0.1) is 0 Å². The van der Waals surface area contributed by atoms with Crippen LogP contribution in [0.2, 0.25) is 0 Å². The molecule has 7 nitrogen and oxygen atoms in total. The molecule has 128 valence electrons. The molecule has 0 saturated carbocycles. The number of nitrogens with zero attached hydrogens (tertiary/aromatic N) is 1. The lowest BCUT2D eigenvalue weighted by Crippen LogP contribution is -2.32. The number of pyridine rings is 1. The van der Waals surface area contributed by atoms with E-state index < -0.39 is 21.6 Å². The molecule has 3 rings (SSSR count). The Morgan fingerprint density at radius 2 is 1.75 bits per heavy atom. The van der Waals surface area contributed by atoms with Gasteiger partial charge in [-0.1, -0.05) is 12.8 Å². The molecule has 1 aliphatic heterocycles. The Kier molecular flexibility index (Phi) is 4.42. The maximum atomic E-state index is 12.8. The van der Waals surface area contributed by atoms with Gasteiger partial charge in [-0.25, -0.2) is 13.2 Å². The molecule has 1 aromatic carbocycles. The van der Waals surface area contributed by atoms with Gasteiger partial charge >= 0.3 is 5.97 Å². The van der Waals surface area contributed by atoms with E-state index >= 15 is 0 Å². The highest BCUT2D eigenvalue weighted by Gasteiger charge is 2.26. The molecule has 0 unspecified atom stereocenters. The summed E-state index contributed by atoms with van der Waals surface area (Å²) >= 11 is 0. The molecule has 2 N–H and O–H groups in total. The average molecular weight is 350 g/mol. The van der Waals surface area contributed by atoms with Crippen LogP contribution in [0.4, 0.5) is 0 Å². The van der Waals surface area contributed by atoms with Gasteiger partial charge in [0.05, 0.1) is 10.5 Å². The molecule has 0 aliphatic carbocycles. The Hall–Kier alpha value is -2.19. The lowest BCUT2D eigenvalue weighted by Gasteiger charge is -2.20. The molecular formula is C16H18N2O5S. The zero-order valence-electron chi connectivity index (χ0n) is 13.0. The van der Waals surface area contributed by atoms with Crippen molar-refractivity contribution in [2.24, 2.45) is 0 Å². The van der Waals surface area contributed by atoms with E-state index in [9.17, 15) is 23.1 Å². The van der Waals surface area contributed by atoms with Crippen LogP contribution >= 0.6 is 0 Å². The summed E-state index contributed by atoms with van der Waals surface area (Å²) in [5, 5.41) is 9.48. The molecular weight excluding hydrogens is 332 g/mol. The van der Waals surface area contributed by atoms with Gasteiger partial charge in [0.1, 0.15) is 0 Å². The Bertz CT molecular complexity index is 941. The van der Waals surface area contributed by atoms with E-state index in [1.54, 1.807) is 0 Å². The van der Waals surface area contributed by atoms with Crippen molar-refractivity contribution in [1.82, 2.24) is 9.29 Å². The third-order valence-electron chi connectivity index (χ3n) is 4.25. The number of sulfonamides is 1. The predicted octanol–water partition coefficient (Wildman–Crippen LogP) is 1.79. The van der Waals surface area contributed by atoms with E-state index in [1.165, 1.54) is 22.5 Å². The number of aromatic nitrogens is 1. The van der Waals surface area contributed by atoms with Crippen LogP contribution in [0, 0.1) is 0 Å². The van der Waals surface area contributed by atoms with Gasteiger partial charge < -0.3 is 10.1 Å². The Morgan fingerprint density at radius 1 is 1.08 bits per heavy atom. The number of rotatable bonds is 3. The molecule has 1 saturated heterocycles. The smallest absolute Gasteiger partial charge is 0.336 e. The van der Waals surface area contributed by atoms with Crippen molar-refractivity contribution in [3.8, 4) is 0 Å². The molecule has 24 heavy (non-hydrogen) atoms. The van der Waals surface area contributed by atoms with Crippen LogP contribution < -0.4 is 5.56 Å². The number of hydrogen-bond acceptors (Lipinski definition) is 4. The number of carbonyl (C=O) groups is 1. The number of aromatic amines is 1. The van der Waals surface area contributed by atoms with Gasteiger partial charge in [-0.2, -0.15) is 4.31 Å². The van der Waals surface area contributed by atoms with Crippen molar-refractivity contribution in [1.29, 1.82) is 0 Å². The first-order valence-corrected chi connectivity index (χ1v) is 9.24. The van der Waals surface area contributed by atoms with Crippen LogP contribution in [0.5, 0.6) is 0 Å². The number of aromatic carboxylic acids is 1. The van der Waals surface area contributed by atoms with Crippen LogP contribution in [0.3, 0.4) is 0 Å². The standard InChI is InChI=1S/C16H18N2O5S/c19-15-10-13(16(20)21)12-9-11(5-6-14(12)17-15)24(22,23)18-7-3-1-2-4-8-18/h5-6,9-10H,1-4,7-8H2,(H,17,19)(H,20,21). The molecule has 0 atom stereocenters. The average Bonchev–Trinajstić information content (AvgIpc) is 2.83. The first-order chi connectivity index (χ1) is 11.4. The summed E-state index contributed by atoms with van der Waals surface area (Å²) in [5.74, 6) is -1.27. The summed E-state index contributed by atoms with van der Waals surface area (Å²) in [6, 6.07) is 5.14. The van der Waals surface area contributed by atoms with E-state index in [4.69, 9.17) is 0 Å². The third-order valence-corrected chi connectivity index (χ3v) is 6.14. The van der Waals surface area contributed by atoms with Gasteiger partial charge in [0, 0.05) is 30.1 Å². The number of carboxylic acid groups (broad SMARTS) is 1. The molecule has 0 spiro atoms. The zero-order chi connectivity index (χ0) is 17.3. The quantitative estimate of drug-likeness (QED) is 0.877. The topological polar surface area (TPSA) is 108 Å². The van der Waals surface area contributed by atoms with Crippen LogP contribution in [0.25, 0.3) is 10.9 Å². The van der Waals surface area contributed by atoms with Crippen LogP contribution in [-0.2, 0) is 10.0 Å². The summed E-state index contributed by atoms with van der Waals surface area (Å²) in [6.45, 7) is 0.940. The molecule has 2 heterocycles. The summed E-state index contributed by atoms with van der Waals surface area (Å²) in [5.41, 5.74) is -0.445. The highest BCUT2D eigenvalue weighted by molar-refractivity contribution is 7.89. The van der Waals surface area contributed by atoms with Gasteiger partial charge in [0.25, 0.3) is 0 Å². The van der Waals surface area contributed by atoms with Crippen molar-refractivity contribution in [2.75, 3.05) is 13.1 Å². The van der Waals surface area contributed by atoms with E-state index in [0.29, 0.717) is 18.6 Å². The lowest BCUT2D eigenvalue weighted by molar-refractivity contribution is 0.0698. The highest BCUT2D eigenvalue weighted by Crippen LogP contribution is 2.24. The fraction of sp³-hybridized carbons (Fsp3) is 0.375. The number of fused-ring (bicyclic) bond motifs is 1. The second-order valence-corrected chi connectivity index (χ2v) is 7.82. The van der Waals surface area contributed by atoms with Gasteiger partial charge in [0.2, 0.25) is 15.6 Å². The van der Waals surface area contributed by atoms with Crippen LogP contribution in [0.1, 0.15) is 36.0 Å². The van der Waals surface area contributed by atoms with Crippen molar-refractivity contribution in [2.45, 2.75) is 30.6 Å². The minimum Gasteiger partial charge on any atom is -0.478 e. The second kappa shape index (κ2) is 6.37. The largest absolute Gasteiger partial charge is 0.478 e. The lowest BCUT2D eigenvalue weighted by atomic mass is 10.1. The number of carboxylic acids is 1. The number of hydrogen-bond donors (Lipinski definition) is 2. The summed E-state index contributed by atoms with van der Waals surface area (Å²) in [4.78, 5) is 25.5.